The number of carbonyl (C=O) groups excluding carboxylic acids is 1. The summed E-state index contributed by atoms with van der Waals surface area (Å²) in [6, 6.07) is 9.46. The zero-order chi connectivity index (χ0) is 23.4. The van der Waals surface area contributed by atoms with Gasteiger partial charge in [-0.2, -0.15) is 0 Å². The third-order valence-corrected chi connectivity index (χ3v) is 4.57. The molecule has 2 aromatic carbocycles. The molecule has 9 heteroatoms. The topological polar surface area (TPSA) is 96.6 Å². The van der Waals surface area contributed by atoms with Gasteiger partial charge in [0.25, 0.3) is 11.3 Å². The van der Waals surface area contributed by atoms with E-state index in [2.05, 4.69) is 0 Å². The second-order valence-electron chi connectivity index (χ2n) is 6.93. The second kappa shape index (κ2) is 9.34. The van der Waals surface area contributed by atoms with Crippen LogP contribution in [0.4, 0.5) is 13.2 Å². The van der Waals surface area contributed by atoms with Gasteiger partial charge < -0.3 is 14.8 Å². The monoisotopic (exact) mass is 443 g/mol. The van der Waals surface area contributed by atoms with E-state index in [4.69, 9.17) is 5.11 Å². The Labute approximate surface area is 179 Å². The standard InChI is InChI=1S/C23H16F3NO5/c24-16-4-1-13(2-5-16)11-27-12-14(7-15-3-6-17(25)9-19(15)26)8-18(22(27)30)20(28)10-21(29)23(31)32/h1-6,8-10,12,28H,7,11H2,(H,31,32). The lowest BCUT2D eigenvalue weighted by Crippen LogP contribution is -2.25. The summed E-state index contributed by atoms with van der Waals surface area (Å²) in [6.07, 6.45) is 1.68. The van der Waals surface area contributed by atoms with Gasteiger partial charge in [0.15, 0.2) is 0 Å². The fourth-order valence-electron chi connectivity index (χ4n) is 3.03. The van der Waals surface area contributed by atoms with Crippen molar-refractivity contribution in [3.63, 3.8) is 0 Å². The number of carbonyl (C=O) groups is 2. The third-order valence-electron chi connectivity index (χ3n) is 4.57. The highest BCUT2D eigenvalue weighted by Crippen LogP contribution is 2.17. The number of aliphatic carboxylic acids is 1. The van der Waals surface area contributed by atoms with Crippen LogP contribution in [0, 0.1) is 17.5 Å². The maximum Gasteiger partial charge on any atom is 0.376 e. The van der Waals surface area contributed by atoms with Crippen LogP contribution in [0.25, 0.3) is 5.76 Å². The molecular weight excluding hydrogens is 427 g/mol. The van der Waals surface area contributed by atoms with Crippen molar-refractivity contribution in [2.24, 2.45) is 0 Å². The molecule has 1 aromatic heterocycles. The van der Waals surface area contributed by atoms with E-state index in [1.54, 1.807) is 0 Å². The van der Waals surface area contributed by atoms with Crippen LogP contribution < -0.4 is 5.56 Å². The minimum absolute atomic E-state index is 0.0496. The maximum atomic E-state index is 14.1. The molecule has 0 atom stereocenters. The molecule has 0 aliphatic carbocycles. The first kappa shape index (κ1) is 22.5. The van der Waals surface area contributed by atoms with Crippen molar-refractivity contribution >= 4 is 17.5 Å². The van der Waals surface area contributed by atoms with Crippen LogP contribution in [-0.4, -0.2) is 26.5 Å². The number of aliphatic hydroxyl groups excluding tert-OH is 1. The number of halogens is 3. The minimum Gasteiger partial charge on any atom is -0.507 e. The van der Waals surface area contributed by atoms with Crippen LogP contribution in [0.5, 0.6) is 0 Å². The van der Waals surface area contributed by atoms with Crippen molar-refractivity contribution in [1.29, 1.82) is 0 Å². The Morgan fingerprint density at radius 3 is 2.19 bits per heavy atom. The third kappa shape index (κ3) is 5.31. The first-order valence-electron chi connectivity index (χ1n) is 9.24. The number of benzene rings is 2. The Morgan fingerprint density at radius 2 is 1.56 bits per heavy atom. The van der Waals surface area contributed by atoms with E-state index in [0.29, 0.717) is 23.3 Å². The lowest BCUT2D eigenvalue weighted by atomic mass is 10.0. The number of pyridine rings is 1. The lowest BCUT2D eigenvalue weighted by molar-refractivity contribution is -0.146. The van der Waals surface area contributed by atoms with Gasteiger partial charge in [-0.05, 0) is 41.0 Å². The lowest BCUT2D eigenvalue weighted by Gasteiger charge is -2.13. The molecule has 0 spiro atoms. The highest BCUT2D eigenvalue weighted by atomic mass is 19.1. The highest BCUT2D eigenvalue weighted by molar-refractivity contribution is 6.38. The van der Waals surface area contributed by atoms with Crippen molar-refractivity contribution in [3.05, 3.63) is 111 Å². The molecule has 0 aliphatic rings. The quantitative estimate of drug-likeness (QED) is 0.331. The molecule has 3 aromatic rings. The van der Waals surface area contributed by atoms with Gasteiger partial charge >= 0.3 is 5.97 Å². The van der Waals surface area contributed by atoms with Gasteiger partial charge in [-0.3, -0.25) is 9.59 Å². The summed E-state index contributed by atoms with van der Waals surface area (Å²) in [4.78, 5) is 35.1. The molecule has 3 rings (SSSR count). The number of ketones is 1. The molecule has 1 heterocycles. The number of nitrogens with zero attached hydrogens (tertiary/aromatic N) is 1. The van der Waals surface area contributed by atoms with E-state index in [1.165, 1.54) is 42.6 Å². The highest BCUT2D eigenvalue weighted by Gasteiger charge is 2.16. The Balaban J connectivity index is 2.09. The molecule has 0 aliphatic heterocycles. The molecule has 0 amide bonds. The zero-order valence-electron chi connectivity index (χ0n) is 16.4. The first-order chi connectivity index (χ1) is 15.1. The number of carboxylic acids is 1. The number of rotatable bonds is 7. The summed E-state index contributed by atoms with van der Waals surface area (Å²) in [5.74, 6) is -6.20. The molecule has 0 bridgehead atoms. The predicted molar refractivity (Wildman–Crippen MR) is 109 cm³/mol. The van der Waals surface area contributed by atoms with Crippen molar-refractivity contribution in [1.82, 2.24) is 4.57 Å². The molecule has 164 valence electrons. The van der Waals surface area contributed by atoms with Crippen LogP contribution in [0.15, 0.2) is 65.6 Å². The van der Waals surface area contributed by atoms with Crippen molar-refractivity contribution in [2.75, 3.05) is 0 Å². The molecular formula is C23H16F3NO5. The van der Waals surface area contributed by atoms with E-state index in [0.717, 1.165) is 10.6 Å². The van der Waals surface area contributed by atoms with Crippen LogP contribution in [-0.2, 0) is 22.6 Å². The van der Waals surface area contributed by atoms with Gasteiger partial charge in [-0.25, -0.2) is 18.0 Å². The Bertz CT molecular complexity index is 1280. The van der Waals surface area contributed by atoms with Gasteiger partial charge in [0.1, 0.15) is 23.2 Å². The minimum atomic E-state index is -1.83. The molecule has 6 nitrogen and oxygen atoms in total. The summed E-state index contributed by atoms with van der Waals surface area (Å²) in [5.41, 5.74) is -0.190. The zero-order valence-corrected chi connectivity index (χ0v) is 16.4. The number of hydrogen-bond donors (Lipinski definition) is 2. The molecule has 32 heavy (non-hydrogen) atoms. The summed E-state index contributed by atoms with van der Waals surface area (Å²) < 4.78 is 41.6. The average molecular weight is 443 g/mol. The SMILES string of the molecule is O=C(O)C(=O)C=C(O)c1cc(Cc2ccc(F)cc2F)cn(Cc2ccc(F)cc2)c1=O. The van der Waals surface area contributed by atoms with Crippen molar-refractivity contribution in [3.8, 4) is 0 Å². The van der Waals surface area contributed by atoms with Gasteiger partial charge in [0.05, 0.1) is 12.1 Å². The first-order valence-corrected chi connectivity index (χ1v) is 9.24. The Morgan fingerprint density at radius 1 is 0.906 bits per heavy atom. The molecule has 0 radical (unpaired) electrons. The summed E-state index contributed by atoms with van der Waals surface area (Å²) in [6.45, 7) is -0.0496. The molecule has 0 saturated carbocycles. The Kier molecular flexibility index (Phi) is 6.58. The van der Waals surface area contributed by atoms with Gasteiger partial charge in [0, 0.05) is 24.8 Å². The van der Waals surface area contributed by atoms with E-state index in [1.807, 2.05) is 0 Å². The van der Waals surface area contributed by atoms with E-state index < -0.39 is 40.5 Å². The smallest absolute Gasteiger partial charge is 0.376 e. The molecule has 0 saturated heterocycles. The molecule has 2 N–H and O–H groups in total. The Hall–Kier alpha value is -4.14. The fourth-order valence-corrected chi connectivity index (χ4v) is 3.03. The van der Waals surface area contributed by atoms with E-state index in [9.17, 15) is 32.7 Å². The van der Waals surface area contributed by atoms with Gasteiger partial charge in [0.2, 0.25) is 0 Å². The van der Waals surface area contributed by atoms with Crippen LogP contribution in [0.1, 0.15) is 22.3 Å². The van der Waals surface area contributed by atoms with Crippen LogP contribution >= 0.6 is 0 Å². The normalized spacial score (nSPS) is 11.4. The summed E-state index contributed by atoms with van der Waals surface area (Å²) in [5, 5.41) is 18.9. The largest absolute Gasteiger partial charge is 0.507 e. The molecule has 0 fully saturated rings. The second-order valence-corrected chi connectivity index (χ2v) is 6.93. The predicted octanol–water partition coefficient (Wildman–Crippen LogP) is 3.46. The average Bonchev–Trinajstić information content (AvgIpc) is 2.73. The number of carboxylic acid groups (broad SMARTS) is 1. The number of hydrogen-bond acceptors (Lipinski definition) is 4. The number of aliphatic hydroxyl groups is 1. The maximum absolute atomic E-state index is 14.1. The van der Waals surface area contributed by atoms with E-state index >= 15 is 0 Å². The van der Waals surface area contributed by atoms with Crippen molar-refractivity contribution in [2.45, 2.75) is 13.0 Å². The van der Waals surface area contributed by atoms with Crippen LogP contribution in [0.3, 0.4) is 0 Å². The van der Waals surface area contributed by atoms with Gasteiger partial charge in [-0.1, -0.05) is 18.2 Å². The van der Waals surface area contributed by atoms with Crippen LogP contribution in [0.2, 0.25) is 0 Å². The van der Waals surface area contributed by atoms with E-state index in [-0.39, 0.29) is 24.1 Å². The summed E-state index contributed by atoms with van der Waals surface area (Å²) >= 11 is 0. The summed E-state index contributed by atoms with van der Waals surface area (Å²) in [7, 11) is 0. The fraction of sp³-hybridized carbons (Fsp3) is 0.0870. The van der Waals surface area contributed by atoms with Gasteiger partial charge in [-0.15, -0.1) is 0 Å². The number of aromatic nitrogens is 1. The van der Waals surface area contributed by atoms with Crippen molar-refractivity contribution < 1.29 is 33.0 Å². The molecule has 0 unspecified atom stereocenters.